The Morgan fingerprint density at radius 3 is 2.62 bits per heavy atom. The lowest BCUT2D eigenvalue weighted by Gasteiger charge is -2.14. The van der Waals surface area contributed by atoms with E-state index in [0.717, 1.165) is 0 Å². The number of anilines is 1. The van der Waals surface area contributed by atoms with Crippen molar-refractivity contribution in [3.63, 3.8) is 0 Å². The average molecular weight is 363 g/mol. The van der Waals surface area contributed by atoms with Gasteiger partial charge in [0.1, 0.15) is 0 Å². The van der Waals surface area contributed by atoms with Gasteiger partial charge in [0, 0.05) is 5.69 Å². The quantitative estimate of drug-likeness (QED) is 0.832. The predicted molar refractivity (Wildman–Crippen MR) is 91.1 cm³/mol. The monoisotopic (exact) mass is 362 g/mol. The van der Waals surface area contributed by atoms with Gasteiger partial charge in [-0.1, -0.05) is 35.3 Å². The molecule has 1 unspecified atom stereocenters. The first-order valence-corrected chi connectivity index (χ1v) is 7.64. The van der Waals surface area contributed by atoms with E-state index in [-0.39, 0.29) is 15.6 Å². The highest BCUT2D eigenvalue weighted by atomic mass is 35.5. The molecular formula is C17H12Cl2N2O3. The lowest BCUT2D eigenvalue weighted by Crippen LogP contribution is -2.30. The third-order valence-electron chi connectivity index (χ3n) is 3.08. The predicted octanol–water partition coefficient (Wildman–Crippen LogP) is 4.05. The lowest BCUT2D eigenvalue weighted by molar-refractivity contribution is -0.123. The van der Waals surface area contributed by atoms with Crippen LogP contribution in [0, 0.1) is 11.3 Å². The molecule has 0 bridgehead atoms. The fraction of sp³-hybridized carbons (Fsp3) is 0.118. The van der Waals surface area contributed by atoms with Crippen LogP contribution in [0.2, 0.25) is 10.0 Å². The second-order valence-electron chi connectivity index (χ2n) is 4.83. The van der Waals surface area contributed by atoms with Crippen LogP contribution in [0.1, 0.15) is 22.8 Å². The largest absolute Gasteiger partial charge is 0.449 e. The molecule has 2 rings (SSSR count). The Hall–Kier alpha value is -2.55. The van der Waals surface area contributed by atoms with Gasteiger partial charge in [-0.25, -0.2) is 4.79 Å². The molecule has 0 aliphatic rings. The Morgan fingerprint density at radius 1 is 1.21 bits per heavy atom. The molecule has 24 heavy (non-hydrogen) atoms. The van der Waals surface area contributed by atoms with Gasteiger partial charge in [0.15, 0.2) is 6.10 Å². The molecule has 1 atom stereocenters. The molecule has 5 nitrogen and oxygen atoms in total. The highest BCUT2D eigenvalue weighted by molar-refractivity contribution is 6.43. The van der Waals surface area contributed by atoms with E-state index < -0.39 is 18.0 Å². The van der Waals surface area contributed by atoms with Crippen LogP contribution < -0.4 is 5.32 Å². The van der Waals surface area contributed by atoms with Crippen molar-refractivity contribution in [3.05, 3.63) is 63.6 Å². The standard InChI is InChI=1S/C17H12Cl2N2O3/c1-10(16(22)21-12-5-2-4-11(8-12)9-20)24-17(23)13-6-3-7-14(18)15(13)19/h2-8,10H,1H3,(H,21,22). The number of nitrogens with one attached hydrogen (secondary N) is 1. The van der Waals surface area contributed by atoms with Gasteiger partial charge in [-0.15, -0.1) is 0 Å². The Kier molecular flexibility index (Phi) is 5.80. The zero-order chi connectivity index (χ0) is 17.7. The first kappa shape index (κ1) is 17.8. The summed E-state index contributed by atoms with van der Waals surface area (Å²) in [5.74, 6) is -1.28. The van der Waals surface area contributed by atoms with Crippen LogP contribution in [0.15, 0.2) is 42.5 Å². The van der Waals surface area contributed by atoms with Crippen LogP contribution in [0.25, 0.3) is 0 Å². The van der Waals surface area contributed by atoms with E-state index in [4.69, 9.17) is 33.2 Å². The molecule has 0 spiro atoms. The van der Waals surface area contributed by atoms with Gasteiger partial charge in [-0.2, -0.15) is 5.26 Å². The number of rotatable bonds is 4. The Morgan fingerprint density at radius 2 is 1.92 bits per heavy atom. The summed E-state index contributed by atoms with van der Waals surface area (Å²) in [6.45, 7) is 1.43. The van der Waals surface area contributed by atoms with Crippen LogP contribution >= 0.6 is 23.2 Å². The number of nitrogens with zero attached hydrogens (tertiary/aromatic N) is 1. The number of nitriles is 1. The Bertz CT molecular complexity index is 831. The van der Waals surface area contributed by atoms with Crippen LogP contribution in [-0.2, 0) is 9.53 Å². The van der Waals surface area contributed by atoms with Crippen molar-refractivity contribution in [1.29, 1.82) is 5.26 Å². The molecule has 122 valence electrons. The van der Waals surface area contributed by atoms with E-state index in [0.29, 0.717) is 11.3 Å². The fourth-order valence-electron chi connectivity index (χ4n) is 1.85. The second-order valence-corrected chi connectivity index (χ2v) is 5.62. The van der Waals surface area contributed by atoms with Gasteiger partial charge in [-0.05, 0) is 37.3 Å². The summed E-state index contributed by atoms with van der Waals surface area (Å²) in [5, 5.41) is 11.7. The number of amides is 1. The zero-order valence-corrected chi connectivity index (χ0v) is 14.1. The highest BCUT2D eigenvalue weighted by Crippen LogP contribution is 2.26. The molecule has 0 saturated heterocycles. The van der Waals surface area contributed by atoms with E-state index in [1.54, 1.807) is 30.3 Å². The summed E-state index contributed by atoms with van der Waals surface area (Å²) in [5.41, 5.74) is 0.918. The molecule has 0 aromatic heterocycles. The maximum atomic E-state index is 12.1. The van der Waals surface area contributed by atoms with Crippen molar-refractivity contribution in [2.24, 2.45) is 0 Å². The highest BCUT2D eigenvalue weighted by Gasteiger charge is 2.21. The molecule has 0 heterocycles. The SMILES string of the molecule is CC(OC(=O)c1cccc(Cl)c1Cl)C(=O)Nc1cccc(C#N)c1. The summed E-state index contributed by atoms with van der Waals surface area (Å²) in [7, 11) is 0. The van der Waals surface area contributed by atoms with E-state index in [2.05, 4.69) is 5.32 Å². The molecule has 1 amide bonds. The molecule has 0 aliphatic carbocycles. The van der Waals surface area contributed by atoms with Crippen molar-refractivity contribution >= 4 is 40.8 Å². The number of carbonyl (C=O) groups excluding carboxylic acids is 2. The lowest BCUT2D eigenvalue weighted by atomic mass is 10.2. The van der Waals surface area contributed by atoms with Crippen LogP contribution in [-0.4, -0.2) is 18.0 Å². The van der Waals surface area contributed by atoms with Crippen molar-refractivity contribution in [2.75, 3.05) is 5.32 Å². The average Bonchev–Trinajstić information content (AvgIpc) is 2.57. The smallest absolute Gasteiger partial charge is 0.340 e. The molecule has 0 aliphatic heterocycles. The fourth-order valence-corrected chi connectivity index (χ4v) is 2.23. The first-order valence-electron chi connectivity index (χ1n) is 6.88. The number of benzene rings is 2. The van der Waals surface area contributed by atoms with Gasteiger partial charge < -0.3 is 10.1 Å². The minimum atomic E-state index is -1.06. The van der Waals surface area contributed by atoms with Crippen molar-refractivity contribution < 1.29 is 14.3 Å². The van der Waals surface area contributed by atoms with E-state index in [1.807, 2.05) is 6.07 Å². The molecule has 0 saturated carbocycles. The Labute approximate surface area is 148 Å². The number of carbonyl (C=O) groups is 2. The molecule has 7 heteroatoms. The summed E-state index contributed by atoms with van der Waals surface area (Å²) in [6, 6.07) is 12.9. The minimum absolute atomic E-state index is 0.0681. The minimum Gasteiger partial charge on any atom is -0.449 e. The van der Waals surface area contributed by atoms with Gasteiger partial charge in [0.25, 0.3) is 5.91 Å². The summed E-state index contributed by atoms with van der Waals surface area (Å²) < 4.78 is 5.10. The number of hydrogen-bond donors (Lipinski definition) is 1. The van der Waals surface area contributed by atoms with Gasteiger partial charge in [0.2, 0.25) is 0 Å². The van der Waals surface area contributed by atoms with Crippen molar-refractivity contribution in [2.45, 2.75) is 13.0 Å². The van der Waals surface area contributed by atoms with E-state index in [9.17, 15) is 9.59 Å². The topological polar surface area (TPSA) is 79.2 Å². The van der Waals surface area contributed by atoms with Crippen LogP contribution in [0.3, 0.4) is 0 Å². The molecular weight excluding hydrogens is 351 g/mol. The van der Waals surface area contributed by atoms with Gasteiger partial charge >= 0.3 is 5.97 Å². The summed E-state index contributed by atoms with van der Waals surface area (Å²) >= 11 is 11.8. The van der Waals surface area contributed by atoms with Gasteiger partial charge in [-0.3, -0.25) is 4.79 Å². The third-order valence-corrected chi connectivity index (χ3v) is 3.90. The molecule has 1 N–H and O–H groups in total. The van der Waals surface area contributed by atoms with Crippen molar-refractivity contribution in [3.8, 4) is 6.07 Å². The molecule has 0 fully saturated rings. The van der Waals surface area contributed by atoms with Gasteiger partial charge in [0.05, 0.1) is 27.2 Å². The number of halogens is 2. The van der Waals surface area contributed by atoms with E-state index >= 15 is 0 Å². The normalized spacial score (nSPS) is 11.2. The second kappa shape index (κ2) is 7.82. The Balaban J connectivity index is 2.04. The maximum Gasteiger partial charge on any atom is 0.340 e. The van der Waals surface area contributed by atoms with Crippen molar-refractivity contribution in [1.82, 2.24) is 0 Å². The van der Waals surface area contributed by atoms with Crippen LogP contribution in [0.5, 0.6) is 0 Å². The van der Waals surface area contributed by atoms with Crippen LogP contribution in [0.4, 0.5) is 5.69 Å². The summed E-state index contributed by atoms with van der Waals surface area (Å²) in [4.78, 5) is 24.2. The maximum absolute atomic E-state index is 12.1. The van der Waals surface area contributed by atoms with E-state index in [1.165, 1.54) is 19.1 Å². The first-order chi connectivity index (χ1) is 11.4. The third kappa shape index (κ3) is 4.25. The number of hydrogen-bond acceptors (Lipinski definition) is 4. The molecule has 0 radical (unpaired) electrons. The molecule has 2 aromatic carbocycles. The zero-order valence-electron chi connectivity index (χ0n) is 12.5. The molecule has 2 aromatic rings. The number of ether oxygens (including phenoxy) is 1. The summed E-state index contributed by atoms with van der Waals surface area (Å²) in [6.07, 6.45) is -1.06. The number of esters is 1.